The first-order chi connectivity index (χ1) is 19.3. The van der Waals surface area contributed by atoms with Gasteiger partial charge in [0.05, 0.1) is 11.7 Å². The molecule has 0 saturated carbocycles. The van der Waals surface area contributed by atoms with Gasteiger partial charge in [0.25, 0.3) is 0 Å². The van der Waals surface area contributed by atoms with Gasteiger partial charge >= 0.3 is 0 Å². The summed E-state index contributed by atoms with van der Waals surface area (Å²) in [5.41, 5.74) is 16.9. The zero-order chi connectivity index (χ0) is 28.6. The molecule has 10 nitrogen and oxygen atoms in total. The van der Waals surface area contributed by atoms with Gasteiger partial charge in [-0.3, -0.25) is 14.4 Å². The highest BCUT2D eigenvalue weighted by molar-refractivity contribution is 9.10. The molecule has 4 rings (SSSR count). The molecule has 40 heavy (non-hydrogen) atoms. The Labute approximate surface area is 243 Å². The van der Waals surface area contributed by atoms with Crippen molar-refractivity contribution in [2.45, 2.75) is 57.2 Å². The lowest BCUT2D eigenvalue weighted by Gasteiger charge is -2.27. The van der Waals surface area contributed by atoms with Gasteiger partial charge in [0.15, 0.2) is 0 Å². The molecule has 0 spiro atoms. The first-order valence-electron chi connectivity index (χ1n) is 13.8. The molecular weight excluding hydrogens is 574 g/mol. The predicted molar refractivity (Wildman–Crippen MR) is 157 cm³/mol. The van der Waals surface area contributed by atoms with Gasteiger partial charge in [0.1, 0.15) is 11.7 Å². The van der Waals surface area contributed by atoms with Crippen LogP contribution in [0.1, 0.15) is 43.2 Å². The first kappa shape index (κ1) is 29.7. The molecule has 0 aliphatic carbocycles. The van der Waals surface area contributed by atoms with Crippen LogP contribution in [0.15, 0.2) is 52.1 Å². The molecule has 2 aromatic rings. The summed E-state index contributed by atoms with van der Waals surface area (Å²) >= 11 is 3.46. The average Bonchev–Trinajstić information content (AvgIpc) is 3.66. The molecule has 2 heterocycles. The molecule has 11 heteroatoms. The van der Waals surface area contributed by atoms with Gasteiger partial charge in [-0.25, -0.2) is 5.53 Å². The van der Waals surface area contributed by atoms with Crippen molar-refractivity contribution < 1.29 is 14.4 Å². The van der Waals surface area contributed by atoms with Crippen LogP contribution in [0.2, 0.25) is 0 Å². The molecule has 3 amide bonds. The maximum atomic E-state index is 13.5. The summed E-state index contributed by atoms with van der Waals surface area (Å²) in [6.07, 6.45) is 3.78. The van der Waals surface area contributed by atoms with Crippen molar-refractivity contribution in [1.82, 2.24) is 15.1 Å². The molecule has 214 valence electrons. The number of carbonyl (C=O) groups excluding carboxylic acids is 3. The van der Waals surface area contributed by atoms with E-state index < -0.39 is 12.1 Å². The first-order valence-corrected chi connectivity index (χ1v) is 14.6. The maximum Gasteiger partial charge on any atom is 0.243 e. The Morgan fingerprint density at radius 1 is 1.12 bits per heavy atom. The number of hydrogen-bond donors (Lipinski definition) is 4. The van der Waals surface area contributed by atoms with Gasteiger partial charge in [-0.1, -0.05) is 34.1 Å². The van der Waals surface area contributed by atoms with E-state index in [9.17, 15) is 14.4 Å². The number of carbonyl (C=O) groups is 3. The molecular formula is C29H38BrN7O3. The molecule has 2 aliphatic heterocycles. The Kier molecular flexibility index (Phi) is 10.3. The van der Waals surface area contributed by atoms with Crippen molar-refractivity contribution in [3.63, 3.8) is 0 Å². The van der Waals surface area contributed by atoms with E-state index in [2.05, 4.69) is 31.7 Å². The fourth-order valence-corrected chi connectivity index (χ4v) is 5.82. The molecule has 2 saturated heterocycles. The lowest BCUT2D eigenvalue weighted by atomic mass is 9.96. The Bertz CT molecular complexity index is 1220. The minimum Gasteiger partial charge on any atom is -0.386 e. The Morgan fingerprint density at radius 2 is 1.82 bits per heavy atom. The van der Waals surface area contributed by atoms with Crippen LogP contribution < -0.4 is 16.4 Å². The fraction of sp³-hybridized carbons (Fsp3) is 0.483. The molecule has 0 aromatic heterocycles. The van der Waals surface area contributed by atoms with Crippen molar-refractivity contribution in [3.8, 4) is 0 Å². The zero-order valence-corrected chi connectivity index (χ0v) is 24.5. The quantitative estimate of drug-likeness (QED) is 0.284. The van der Waals surface area contributed by atoms with Crippen molar-refractivity contribution in [2.24, 2.45) is 16.8 Å². The maximum absolute atomic E-state index is 13.5. The molecule has 0 unspecified atom stereocenters. The van der Waals surface area contributed by atoms with Crippen LogP contribution in [-0.2, 0) is 27.3 Å². The summed E-state index contributed by atoms with van der Waals surface area (Å²) in [5, 5.41) is 9.51. The third kappa shape index (κ3) is 7.45. The number of likely N-dealkylation sites (tertiary alicyclic amines) is 2. The number of hydrogen-bond acceptors (Lipinski definition) is 7. The van der Waals surface area contributed by atoms with Crippen LogP contribution in [0.4, 0.5) is 11.4 Å². The van der Waals surface area contributed by atoms with E-state index in [1.54, 1.807) is 18.0 Å². The third-order valence-corrected chi connectivity index (χ3v) is 8.30. The lowest BCUT2D eigenvalue weighted by molar-refractivity contribution is -0.140. The van der Waals surface area contributed by atoms with Crippen LogP contribution in [0.25, 0.3) is 0 Å². The minimum absolute atomic E-state index is 0.0349. The van der Waals surface area contributed by atoms with Gasteiger partial charge in [-0.05, 0) is 73.4 Å². The Hall–Kier alpha value is -3.31. The van der Waals surface area contributed by atoms with E-state index in [0.29, 0.717) is 18.7 Å². The van der Waals surface area contributed by atoms with Gasteiger partial charge in [0, 0.05) is 44.1 Å². The van der Waals surface area contributed by atoms with E-state index in [0.717, 1.165) is 53.6 Å². The number of benzene rings is 2. The van der Waals surface area contributed by atoms with Gasteiger partial charge in [-0.15, -0.1) is 0 Å². The molecule has 0 radical (unpaired) electrons. The van der Waals surface area contributed by atoms with Crippen LogP contribution in [0.5, 0.6) is 0 Å². The van der Waals surface area contributed by atoms with E-state index >= 15 is 0 Å². The Morgan fingerprint density at radius 3 is 2.50 bits per heavy atom. The Balaban J connectivity index is 1.43. The summed E-state index contributed by atoms with van der Waals surface area (Å²) in [4.78, 5) is 42.9. The predicted octanol–water partition coefficient (Wildman–Crippen LogP) is 3.96. The van der Waals surface area contributed by atoms with Crippen molar-refractivity contribution in [2.75, 3.05) is 32.0 Å². The molecule has 0 bridgehead atoms. The number of rotatable bonds is 11. The molecule has 3 atom stereocenters. The second-order valence-corrected chi connectivity index (χ2v) is 11.5. The lowest BCUT2D eigenvalue weighted by Crippen LogP contribution is -2.51. The van der Waals surface area contributed by atoms with E-state index in [-0.39, 0.29) is 43.0 Å². The highest BCUT2D eigenvalue weighted by atomic mass is 79.9. The van der Waals surface area contributed by atoms with Crippen LogP contribution in [-0.4, -0.2) is 66.3 Å². The molecule has 2 aromatic carbocycles. The summed E-state index contributed by atoms with van der Waals surface area (Å²) < 4.78 is 0.996. The van der Waals surface area contributed by atoms with Crippen molar-refractivity contribution in [1.29, 1.82) is 5.53 Å². The number of nitrogens with zero attached hydrogens (tertiary/aromatic N) is 3. The highest BCUT2D eigenvalue weighted by Gasteiger charge is 2.41. The summed E-state index contributed by atoms with van der Waals surface area (Å²) in [5.74, 6) is -0.397. The van der Waals surface area contributed by atoms with E-state index in [4.69, 9.17) is 11.3 Å². The molecule has 2 fully saturated rings. The van der Waals surface area contributed by atoms with Crippen molar-refractivity contribution >= 4 is 45.0 Å². The normalized spacial score (nSPS) is 19.4. The van der Waals surface area contributed by atoms with Crippen LogP contribution in [0.3, 0.4) is 0 Å². The van der Waals surface area contributed by atoms with E-state index in [1.807, 2.05) is 41.3 Å². The van der Waals surface area contributed by atoms with Gasteiger partial charge in [0.2, 0.25) is 17.7 Å². The van der Waals surface area contributed by atoms with E-state index in [1.165, 1.54) is 0 Å². The van der Waals surface area contributed by atoms with Crippen molar-refractivity contribution in [3.05, 3.63) is 58.1 Å². The van der Waals surface area contributed by atoms with Gasteiger partial charge in [-0.2, -0.15) is 5.11 Å². The number of anilines is 1. The monoisotopic (exact) mass is 611 g/mol. The fourth-order valence-electron chi connectivity index (χ4n) is 5.55. The van der Waals surface area contributed by atoms with Crippen LogP contribution >= 0.6 is 15.9 Å². The number of amides is 3. The topological polar surface area (TPSA) is 144 Å². The molecule has 5 N–H and O–H groups in total. The SMILES string of the molecule is CNc1ccc(CNC(=O)[C@@H]2C[C@@H](Cc3ccc(Br)cc3)CN2C(=O)[C@H](N)CCC(=O)N2CCCC2)cc1N=N. The zero-order valence-electron chi connectivity index (χ0n) is 22.9. The molecule has 2 aliphatic rings. The average molecular weight is 613 g/mol. The largest absolute Gasteiger partial charge is 0.386 e. The third-order valence-electron chi connectivity index (χ3n) is 7.77. The standard InChI is InChI=1S/C29H38BrN7O3/c1-33-24-10-6-20(15-25(24)35-32)17-34-28(39)26-16-21(14-19-4-7-22(30)8-5-19)18-37(26)29(40)23(31)9-11-27(38)36-12-2-3-13-36/h4-8,10,15,21,23,26,32-33H,2-3,9,11-14,16-18,31H2,1H3,(H,34,39)/t21-,23-,26+/m1/s1. The highest BCUT2D eigenvalue weighted by Crippen LogP contribution is 2.29. The summed E-state index contributed by atoms with van der Waals surface area (Å²) in [6.45, 7) is 2.21. The second-order valence-electron chi connectivity index (χ2n) is 10.6. The number of halogens is 1. The minimum atomic E-state index is -0.844. The number of nitrogens with two attached hydrogens (primary N) is 1. The summed E-state index contributed by atoms with van der Waals surface area (Å²) in [6, 6.07) is 12.0. The van der Waals surface area contributed by atoms with Crippen LogP contribution in [0, 0.1) is 11.4 Å². The smallest absolute Gasteiger partial charge is 0.243 e. The second kappa shape index (κ2) is 13.8. The van der Waals surface area contributed by atoms with Gasteiger partial charge < -0.3 is 26.2 Å². The summed E-state index contributed by atoms with van der Waals surface area (Å²) in [7, 11) is 1.76. The number of nitrogens with one attached hydrogen (secondary N) is 3.